The van der Waals surface area contributed by atoms with Crippen molar-refractivity contribution < 1.29 is 9.90 Å². The maximum Gasteiger partial charge on any atom is 0.223 e. The molecule has 0 unspecified atom stereocenters. The van der Waals surface area contributed by atoms with E-state index in [9.17, 15) is 14.7 Å². The quantitative estimate of drug-likeness (QED) is 0.724. The van der Waals surface area contributed by atoms with Crippen molar-refractivity contribution in [2.45, 2.75) is 66.0 Å². The Morgan fingerprint density at radius 1 is 1.29 bits per heavy atom. The summed E-state index contributed by atoms with van der Waals surface area (Å²) in [5.41, 5.74) is 0.899. The van der Waals surface area contributed by atoms with E-state index in [1.54, 1.807) is 0 Å². The summed E-state index contributed by atoms with van der Waals surface area (Å²) in [6, 6.07) is 1.43. The molecule has 21 heavy (non-hydrogen) atoms. The van der Waals surface area contributed by atoms with Crippen molar-refractivity contribution in [3.63, 3.8) is 0 Å². The van der Waals surface area contributed by atoms with Crippen LogP contribution in [0.5, 0.6) is 5.75 Å². The van der Waals surface area contributed by atoms with Crippen molar-refractivity contribution in [2.24, 2.45) is 0 Å². The van der Waals surface area contributed by atoms with Gasteiger partial charge in [0.1, 0.15) is 0 Å². The van der Waals surface area contributed by atoms with Gasteiger partial charge in [-0.25, -0.2) is 0 Å². The van der Waals surface area contributed by atoms with Gasteiger partial charge in [-0.2, -0.15) is 0 Å². The topological polar surface area (TPSA) is 71.3 Å². The van der Waals surface area contributed by atoms with Gasteiger partial charge in [0.05, 0.1) is 12.2 Å². The number of unbranched alkanes of at least 4 members (excludes halogenated alkanes) is 2. The van der Waals surface area contributed by atoms with Gasteiger partial charge in [0.15, 0.2) is 5.75 Å². The van der Waals surface area contributed by atoms with Crippen LogP contribution in [0.3, 0.4) is 0 Å². The van der Waals surface area contributed by atoms with Gasteiger partial charge >= 0.3 is 0 Å². The van der Waals surface area contributed by atoms with Gasteiger partial charge in [0.25, 0.3) is 0 Å². The van der Waals surface area contributed by atoms with E-state index in [-0.39, 0.29) is 18.2 Å². The van der Waals surface area contributed by atoms with Gasteiger partial charge in [0, 0.05) is 24.7 Å². The lowest BCUT2D eigenvalue weighted by Crippen LogP contribution is -2.27. The van der Waals surface area contributed by atoms with Crippen molar-refractivity contribution in [1.82, 2.24) is 9.88 Å². The Labute approximate surface area is 126 Å². The van der Waals surface area contributed by atoms with Crippen LogP contribution in [0.2, 0.25) is 0 Å². The highest BCUT2D eigenvalue weighted by atomic mass is 16.3. The minimum absolute atomic E-state index is 0.0418. The van der Waals surface area contributed by atoms with Crippen LogP contribution in [0.15, 0.2) is 10.9 Å². The van der Waals surface area contributed by atoms with E-state index in [0.29, 0.717) is 18.7 Å². The molecule has 0 saturated carbocycles. The van der Waals surface area contributed by atoms with Gasteiger partial charge in [-0.15, -0.1) is 0 Å². The monoisotopic (exact) mass is 294 g/mol. The Kier molecular flexibility index (Phi) is 6.99. The molecule has 5 nitrogen and oxygen atoms in total. The van der Waals surface area contributed by atoms with E-state index >= 15 is 0 Å². The number of carbonyl (C=O) groups is 1. The van der Waals surface area contributed by atoms with Crippen molar-refractivity contribution in [2.75, 3.05) is 0 Å². The highest BCUT2D eigenvalue weighted by Gasteiger charge is 2.13. The van der Waals surface area contributed by atoms with Crippen LogP contribution in [0.1, 0.15) is 57.3 Å². The van der Waals surface area contributed by atoms with Gasteiger partial charge in [-0.1, -0.05) is 26.7 Å². The van der Waals surface area contributed by atoms with Crippen LogP contribution in [-0.4, -0.2) is 15.6 Å². The van der Waals surface area contributed by atoms with E-state index in [2.05, 4.69) is 12.2 Å². The second-order valence-corrected chi connectivity index (χ2v) is 5.33. The second kappa shape index (κ2) is 8.49. The molecule has 0 radical (unpaired) electrons. The standard InChI is InChI=1S/C16H26N2O3/c1-4-6-7-8-15(20)17-11-13-16(21)14(19)10-12(3)18(13)9-5-2/h10,21H,4-9,11H2,1-3H3,(H,17,20). The Morgan fingerprint density at radius 3 is 2.62 bits per heavy atom. The number of nitrogens with zero attached hydrogens (tertiary/aromatic N) is 1. The Morgan fingerprint density at radius 2 is 2.00 bits per heavy atom. The molecule has 0 spiro atoms. The maximum atomic E-state index is 11.8. The van der Waals surface area contributed by atoms with Gasteiger partial charge in [-0.3, -0.25) is 9.59 Å². The van der Waals surface area contributed by atoms with Crippen molar-refractivity contribution in [3.8, 4) is 5.75 Å². The van der Waals surface area contributed by atoms with E-state index < -0.39 is 5.43 Å². The van der Waals surface area contributed by atoms with Gasteiger partial charge in [0.2, 0.25) is 11.3 Å². The van der Waals surface area contributed by atoms with Crippen LogP contribution < -0.4 is 10.7 Å². The third kappa shape index (κ3) is 4.92. The third-order valence-corrected chi connectivity index (χ3v) is 3.51. The summed E-state index contributed by atoms with van der Waals surface area (Å²) in [5.74, 6) is -0.303. The maximum absolute atomic E-state index is 11.8. The largest absolute Gasteiger partial charge is 0.503 e. The van der Waals surface area contributed by atoms with Crippen molar-refractivity contribution in [3.05, 3.63) is 27.7 Å². The predicted octanol–water partition coefficient (Wildman–Crippen LogP) is 2.47. The number of nitrogens with one attached hydrogen (secondary N) is 1. The SMILES string of the molecule is CCCCCC(=O)NCc1c(O)c(=O)cc(C)n1CCC. The zero-order valence-corrected chi connectivity index (χ0v) is 13.2. The number of hydrogen-bond acceptors (Lipinski definition) is 3. The molecule has 1 heterocycles. The van der Waals surface area contributed by atoms with Gasteiger partial charge < -0.3 is 15.0 Å². The minimum Gasteiger partial charge on any atom is -0.503 e. The molecule has 1 amide bonds. The highest BCUT2D eigenvalue weighted by molar-refractivity contribution is 5.75. The summed E-state index contributed by atoms with van der Waals surface area (Å²) >= 11 is 0. The lowest BCUT2D eigenvalue weighted by atomic mass is 10.2. The van der Waals surface area contributed by atoms with E-state index in [1.165, 1.54) is 6.07 Å². The Bertz CT molecular complexity index is 535. The molecular formula is C16H26N2O3. The van der Waals surface area contributed by atoms with Crippen LogP contribution in [0, 0.1) is 6.92 Å². The number of carbonyl (C=O) groups excluding carboxylic acids is 1. The summed E-state index contributed by atoms with van der Waals surface area (Å²) in [6.45, 7) is 6.85. The van der Waals surface area contributed by atoms with E-state index in [4.69, 9.17) is 0 Å². The summed E-state index contributed by atoms with van der Waals surface area (Å²) in [5, 5.41) is 12.8. The minimum atomic E-state index is -0.393. The summed E-state index contributed by atoms with van der Waals surface area (Å²) in [4.78, 5) is 23.5. The molecule has 2 N–H and O–H groups in total. The molecule has 1 aromatic rings. The molecule has 0 aliphatic carbocycles. The van der Waals surface area contributed by atoms with Crippen LogP contribution >= 0.6 is 0 Å². The first-order valence-electron chi connectivity index (χ1n) is 7.70. The average molecular weight is 294 g/mol. The molecular weight excluding hydrogens is 268 g/mol. The highest BCUT2D eigenvalue weighted by Crippen LogP contribution is 2.15. The van der Waals surface area contributed by atoms with Crippen molar-refractivity contribution >= 4 is 5.91 Å². The number of amides is 1. The van der Waals surface area contributed by atoms with E-state index in [1.807, 2.05) is 18.4 Å². The fourth-order valence-corrected chi connectivity index (χ4v) is 2.34. The fraction of sp³-hybridized carbons (Fsp3) is 0.625. The van der Waals surface area contributed by atoms with Crippen LogP contribution in [0.25, 0.3) is 0 Å². The molecule has 0 saturated heterocycles. The number of pyridine rings is 1. The number of aromatic nitrogens is 1. The third-order valence-electron chi connectivity index (χ3n) is 3.51. The fourth-order valence-electron chi connectivity index (χ4n) is 2.34. The molecule has 5 heteroatoms. The van der Waals surface area contributed by atoms with Gasteiger partial charge in [-0.05, 0) is 19.8 Å². The predicted molar refractivity (Wildman–Crippen MR) is 83.4 cm³/mol. The normalized spacial score (nSPS) is 10.6. The molecule has 0 aliphatic heterocycles. The molecule has 0 bridgehead atoms. The number of aromatic hydroxyl groups is 1. The molecule has 118 valence electrons. The first kappa shape index (κ1) is 17.3. The van der Waals surface area contributed by atoms with Crippen LogP contribution in [-0.2, 0) is 17.9 Å². The van der Waals surface area contributed by atoms with E-state index in [0.717, 1.165) is 31.4 Å². The average Bonchev–Trinajstić information content (AvgIpc) is 2.44. The summed E-state index contributed by atoms with van der Waals surface area (Å²) < 4.78 is 1.89. The number of aryl methyl sites for hydroxylation is 1. The lowest BCUT2D eigenvalue weighted by Gasteiger charge is -2.17. The molecule has 0 aliphatic rings. The first-order valence-corrected chi connectivity index (χ1v) is 7.70. The number of rotatable bonds is 8. The summed E-state index contributed by atoms with van der Waals surface area (Å²) in [6.07, 6.45) is 4.34. The second-order valence-electron chi connectivity index (χ2n) is 5.33. The molecule has 0 fully saturated rings. The number of hydrogen-bond donors (Lipinski definition) is 2. The molecule has 0 aromatic carbocycles. The smallest absolute Gasteiger partial charge is 0.223 e. The molecule has 1 aromatic heterocycles. The lowest BCUT2D eigenvalue weighted by molar-refractivity contribution is -0.121. The van der Waals surface area contributed by atoms with Crippen LogP contribution in [0.4, 0.5) is 0 Å². The first-order chi connectivity index (χ1) is 10.0. The zero-order chi connectivity index (χ0) is 15.8. The zero-order valence-electron chi connectivity index (χ0n) is 13.2. The van der Waals surface area contributed by atoms with Crippen molar-refractivity contribution in [1.29, 1.82) is 0 Å². The summed E-state index contributed by atoms with van der Waals surface area (Å²) in [7, 11) is 0. The molecule has 1 rings (SSSR count). The Balaban J connectivity index is 2.82. The molecule has 0 atom stereocenters. The Hall–Kier alpha value is -1.78.